The standard InChI is InChI=1S/C12H15N3O2S2/c1-8-6-19(16,17)5-4-15(8)9-2-3-10-12(11(9)13)14-7-18-10/h2-3,7-8H,4-6,13H2,1H3. The monoisotopic (exact) mass is 297 g/mol. The van der Waals surface area contributed by atoms with E-state index in [1.165, 1.54) is 0 Å². The average molecular weight is 297 g/mol. The Morgan fingerprint density at radius 2 is 2.26 bits per heavy atom. The molecule has 0 saturated carbocycles. The lowest BCUT2D eigenvalue weighted by molar-refractivity contribution is 0.568. The molecule has 1 saturated heterocycles. The lowest BCUT2D eigenvalue weighted by Gasteiger charge is -2.35. The van der Waals surface area contributed by atoms with Crippen molar-refractivity contribution in [1.82, 2.24) is 4.98 Å². The maximum atomic E-state index is 11.6. The number of fused-ring (bicyclic) bond motifs is 1. The van der Waals surface area contributed by atoms with E-state index in [1.54, 1.807) is 16.8 Å². The average Bonchev–Trinajstić information content (AvgIpc) is 2.79. The first-order chi connectivity index (χ1) is 8.98. The lowest BCUT2D eigenvalue weighted by atomic mass is 10.2. The van der Waals surface area contributed by atoms with Gasteiger partial charge in [-0.15, -0.1) is 11.3 Å². The molecule has 2 heterocycles. The number of anilines is 2. The summed E-state index contributed by atoms with van der Waals surface area (Å²) < 4.78 is 24.3. The summed E-state index contributed by atoms with van der Waals surface area (Å²) in [5.74, 6) is 0.368. The summed E-state index contributed by atoms with van der Waals surface area (Å²) in [7, 11) is -2.91. The highest BCUT2D eigenvalue weighted by molar-refractivity contribution is 7.91. The molecular weight excluding hydrogens is 282 g/mol. The third-order valence-corrected chi connectivity index (χ3v) is 6.09. The Morgan fingerprint density at radius 3 is 3.00 bits per heavy atom. The van der Waals surface area contributed by atoms with Crippen molar-refractivity contribution in [2.45, 2.75) is 13.0 Å². The highest BCUT2D eigenvalue weighted by atomic mass is 32.2. The molecule has 1 aliphatic heterocycles. The fourth-order valence-electron chi connectivity index (χ4n) is 2.55. The molecule has 7 heteroatoms. The van der Waals surface area contributed by atoms with Crippen molar-refractivity contribution in [3.05, 3.63) is 17.6 Å². The van der Waals surface area contributed by atoms with Gasteiger partial charge in [0.25, 0.3) is 0 Å². The van der Waals surface area contributed by atoms with Crippen LogP contribution in [0.5, 0.6) is 0 Å². The van der Waals surface area contributed by atoms with E-state index in [-0.39, 0.29) is 17.5 Å². The Morgan fingerprint density at radius 1 is 1.47 bits per heavy atom. The van der Waals surface area contributed by atoms with Crippen LogP contribution in [-0.4, -0.2) is 37.5 Å². The summed E-state index contributed by atoms with van der Waals surface area (Å²) in [6.07, 6.45) is 0. The molecular formula is C12H15N3O2S2. The summed E-state index contributed by atoms with van der Waals surface area (Å²) in [5, 5.41) is 0. The molecule has 5 nitrogen and oxygen atoms in total. The van der Waals surface area contributed by atoms with Gasteiger partial charge in [0.1, 0.15) is 5.52 Å². The van der Waals surface area contributed by atoms with E-state index in [4.69, 9.17) is 5.73 Å². The summed E-state index contributed by atoms with van der Waals surface area (Å²) in [5.41, 5.74) is 10.3. The van der Waals surface area contributed by atoms with Gasteiger partial charge >= 0.3 is 0 Å². The number of hydrogen-bond acceptors (Lipinski definition) is 6. The van der Waals surface area contributed by atoms with Crippen LogP contribution in [0.3, 0.4) is 0 Å². The van der Waals surface area contributed by atoms with Gasteiger partial charge in [0, 0.05) is 12.6 Å². The van der Waals surface area contributed by atoms with Crippen molar-refractivity contribution in [2.75, 3.05) is 28.7 Å². The molecule has 2 aromatic rings. The highest BCUT2D eigenvalue weighted by Gasteiger charge is 2.29. The third kappa shape index (κ3) is 2.17. The van der Waals surface area contributed by atoms with E-state index in [9.17, 15) is 8.42 Å². The van der Waals surface area contributed by atoms with Gasteiger partial charge in [-0.1, -0.05) is 0 Å². The number of nitrogens with zero attached hydrogens (tertiary/aromatic N) is 2. The lowest BCUT2D eigenvalue weighted by Crippen LogP contribution is -2.47. The molecule has 0 radical (unpaired) electrons. The predicted molar refractivity (Wildman–Crippen MR) is 79.5 cm³/mol. The Bertz CT molecular complexity index is 724. The van der Waals surface area contributed by atoms with Crippen molar-refractivity contribution in [2.24, 2.45) is 0 Å². The van der Waals surface area contributed by atoms with Crippen molar-refractivity contribution in [3.63, 3.8) is 0 Å². The molecule has 102 valence electrons. The van der Waals surface area contributed by atoms with Crippen LogP contribution < -0.4 is 10.6 Å². The van der Waals surface area contributed by atoms with Gasteiger partial charge in [-0.25, -0.2) is 13.4 Å². The second-order valence-electron chi connectivity index (χ2n) is 4.85. The molecule has 1 aromatic heterocycles. The molecule has 3 rings (SSSR count). The molecule has 1 atom stereocenters. The van der Waals surface area contributed by atoms with Crippen LogP contribution in [0.15, 0.2) is 17.6 Å². The smallest absolute Gasteiger partial charge is 0.154 e. The van der Waals surface area contributed by atoms with Gasteiger partial charge in [0.2, 0.25) is 0 Å². The van der Waals surface area contributed by atoms with E-state index in [2.05, 4.69) is 9.88 Å². The van der Waals surface area contributed by atoms with Crippen molar-refractivity contribution >= 4 is 42.8 Å². The van der Waals surface area contributed by atoms with Gasteiger partial charge in [-0.3, -0.25) is 0 Å². The quantitative estimate of drug-likeness (QED) is 0.807. The van der Waals surface area contributed by atoms with Crippen LogP contribution in [0.4, 0.5) is 11.4 Å². The Balaban J connectivity index is 2.03. The van der Waals surface area contributed by atoms with Crippen LogP contribution in [0.2, 0.25) is 0 Å². The first-order valence-corrected chi connectivity index (χ1v) is 8.77. The number of hydrogen-bond donors (Lipinski definition) is 1. The second-order valence-corrected chi connectivity index (χ2v) is 7.97. The molecule has 1 unspecified atom stereocenters. The maximum absolute atomic E-state index is 11.6. The van der Waals surface area contributed by atoms with Crippen molar-refractivity contribution in [3.8, 4) is 0 Å². The Kier molecular flexibility index (Phi) is 2.90. The van der Waals surface area contributed by atoms with E-state index in [0.717, 1.165) is 15.9 Å². The zero-order chi connectivity index (χ0) is 13.6. The third-order valence-electron chi connectivity index (χ3n) is 3.50. The molecule has 0 bridgehead atoms. The minimum absolute atomic E-state index is 0.0582. The van der Waals surface area contributed by atoms with Crippen LogP contribution >= 0.6 is 11.3 Å². The SMILES string of the molecule is CC1CS(=O)(=O)CCN1c1ccc2scnc2c1N. The van der Waals surface area contributed by atoms with Gasteiger partial charge in [-0.2, -0.15) is 0 Å². The number of nitrogens with two attached hydrogens (primary N) is 1. The van der Waals surface area contributed by atoms with Crippen molar-refractivity contribution < 1.29 is 8.42 Å². The minimum Gasteiger partial charge on any atom is -0.395 e. The largest absolute Gasteiger partial charge is 0.395 e. The molecule has 2 N–H and O–H groups in total. The number of benzene rings is 1. The minimum atomic E-state index is -2.91. The van der Waals surface area contributed by atoms with E-state index in [1.807, 2.05) is 19.1 Å². The molecule has 1 fully saturated rings. The summed E-state index contributed by atoms with van der Waals surface area (Å²) >= 11 is 1.55. The topological polar surface area (TPSA) is 76.3 Å². The van der Waals surface area contributed by atoms with Crippen LogP contribution in [0.1, 0.15) is 6.92 Å². The molecule has 0 aliphatic carbocycles. The first-order valence-electron chi connectivity index (χ1n) is 6.07. The number of rotatable bonds is 1. The van der Waals surface area contributed by atoms with E-state index in [0.29, 0.717) is 12.2 Å². The fraction of sp³-hybridized carbons (Fsp3) is 0.417. The highest BCUT2D eigenvalue weighted by Crippen LogP contribution is 2.34. The zero-order valence-corrected chi connectivity index (χ0v) is 12.2. The van der Waals surface area contributed by atoms with Gasteiger partial charge in [0.15, 0.2) is 9.84 Å². The van der Waals surface area contributed by atoms with Gasteiger partial charge < -0.3 is 10.6 Å². The Hall–Kier alpha value is -1.34. The summed E-state index contributed by atoms with van der Waals surface area (Å²) in [6.45, 7) is 2.41. The van der Waals surface area contributed by atoms with E-state index < -0.39 is 9.84 Å². The van der Waals surface area contributed by atoms with Gasteiger partial charge in [-0.05, 0) is 19.1 Å². The number of aromatic nitrogens is 1. The molecule has 0 spiro atoms. The van der Waals surface area contributed by atoms with Crippen molar-refractivity contribution in [1.29, 1.82) is 0 Å². The molecule has 1 aromatic carbocycles. The number of nitrogen functional groups attached to an aromatic ring is 1. The molecule has 0 amide bonds. The van der Waals surface area contributed by atoms with Gasteiger partial charge in [0.05, 0.1) is 33.1 Å². The zero-order valence-electron chi connectivity index (χ0n) is 10.5. The Labute approximate surface area is 116 Å². The summed E-state index contributed by atoms with van der Waals surface area (Å²) in [6, 6.07) is 3.90. The van der Waals surface area contributed by atoms with Crippen LogP contribution in [0.25, 0.3) is 10.2 Å². The number of thiazole rings is 1. The number of sulfone groups is 1. The summed E-state index contributed by atoms with van der Waals surface area (Å²) in [4.78, 5) is 6.34. The second kappa shape index (κ2) is 4.35. The predicted octanol–water partition coefficient (Wildman–Crippen LogP) is 1.50. The normalized spacial score (nSPS) is 22.8. The fourth-order valence-corrected chi connectivity index (χ4v) is 4.80. The maximum Gasteiger partial charge on any atom is 0.154 e. The van der Waals surface area contributed by atoms with Crippen LogP contribution in [-0.2, 0) is 9.84 Å². The van der Waals surface area contributed by atoms with Crippen LogP contribution in [0, 0.1) is 0 Å². The van der Waals surface area contributed by atoms with E-state index >= 15 is 0 Å². The molecule has 1 aliphatic rings. The first kappa shape index (κ1) is 12.7. The molecule has 19 heavy (non-hydrogen) atoms.